The summed E-state index contributed by atoms with van der Waals surface area (Å²) in [4.78, 5) is 2.41. The minimum Gasteiger partial charge on any atom is -0.310 e. The lowest BCUT2D eigenvalue weighted by Gasteiger charge is -2.35. The largest absolute Gasteiger partial charge is 0.310 e. The van der Waals surface area contributed by atoms with Crippen LogP contribution in [-0.2, 0) is 5.41 Å². The quantitative estimate of drug-likeness (QED) is 0.131. The molecule has 1 aromatic heterocycles. The monoisotopic (exact) mass is 978 g/mol. The van der Waals surface area contributed by atoms with Crippen molar-refractivity contribution in [1.82, 2.24) is 4.57 Å². The van der Waals surface area contributed by atoms with Gasteiger partial charge in [-0.15, -0.1) is 0 Å². The summed E-state index contributed by atoms with van der Waals surface area (Å²) >= 11 is 0. The molecule has 0 amide bonds. The van der Waals surface area contributed by atoms with Crippen LogP contribution in [0.1, 0.15) is 22.3 Å². The van der Waals surface area contributed by atoms with Crippen molar-refractivity contribution >= 4 is 60.4 Å². The molecular weight excluding hydrogens is 929 g/mol. The number of rotatable bonds is 9. The van der Waals surface area contributed by atoms with E-state index < -0.39 is 5.41 Å². The number of aromatic nitrogens is 1. The Labute approximate surface area is 448 Å². The molecule has 0 N–H and O–H groups in total. The Kier molecular flexibility index (Phi) is 10.5. The van der Waals surface area contributed by atoms with Gasteiger partial charge in [-0.3, -0.25) is 0 Å². The van der Waals surface area contributed by atoms with Gasteiger partial charge in [-0.05, 0) is 161 Å². The van der Waals surface area contributed by atoms with Crippen molar-refractivity contribution in [2.75, 3.05) is 4.90 Å². The van der Waals surface area contributed by atoms with Gasteiger partial charge in [-0.1, -0.05) is 231 Å². The minimum atomic E-state index is -0.648. The summed E-state index contributed by atoms with van der Waals surface area (Å²) in [6.45, 7) is 0. The summed E-state index contributed by atoms with van der Waals surface area (Å²) in [7, 11) is 0. The van der Waals surface area contributed by atoms with Gasteiger partial charge < -0.3 is 9.47 Å². The highest BCUT2D eigenvalue weighted by atomic mass is 15.1. The molecular formula is C75H50N2. The highest BCUT2D eigenvalue weighted by molar-refractivity contribution is 6.22. The van der Waals surface area contributed by atoms with E-state index in [0.717, 1.165) is 22.7 Å². The molecule has 0 atom stereocenters. The summed E-state index contributed by atoms with van der Waals surface area (Å²) in [5.41, 5.74) is 20.9. The van der Waals surface area contributed by atoms with Crippen molar-refractivity contribution in [3.05, 3.63) is 326 Å². The lowest BCUT2D eigenvalue weighted by atomic mass is 9.67. The molecule has 15 rings (SSSR count). The summed E-state index contributed by atoms with van der Waals surface area (Å²) in [5.74, 6) is 0. The van der Waals surface area contributed by atoms with Crippen LogP contribution in [0.3, 0.4) is 0 Å². The molecule has 0 saturated heterocycles. The third kappa shape index (κ3) is 7.03. The van der Waals surface area contributed by atoms with Crippen LogP contribution >= 0.6 is 0 Å². The predicted molar refractivity (Wildman–Crippen MR) is 324 cm³/mol. The van der Waals surface area contributed by atoms with E-state index >= 15 is 0 Å². The maximum absolute atomic E-state index is 2.50. The highest BCUT2D eigenvalue weighted by Gasteiger charge is 2.46. The Bertz CT molecular complexity index is 4430. The average molecular weight is 979 g/mol. The van der Waals surface area contributed by atoms with Crippen LogP contribution in [-0.4, -0.2) is 4.57 Å². The molecule has 0 aliphatic heterocycles. The Hall–Kier alpha value is -10.0. The first kappa shape index (κ1) is 44.5. The number of nitrogens with zero attached hydrogens (tertiary/aromatic N) is 2. The van der Waals surface area contributed by atoms with Gasteiger partial charge in [0.05, 0.1) is 16.4 Å². The number of fused-ring (bicyclic) bond motifs is 8. The Balaban J connectivity index is 0.929. The molecule has 1 heterocycles. The van der Waals surface area contributed by atoms with Gasteiger partial charge in [-0.25, -0.2) is 0 Å². The summed E-state index contributed by atoms with van der Waals surface area (Å²) in [6, 6.07) is 112. The zero-order valence-electron chi connectivity index (χ0n) is 42.3. The Morgan fingerprint density at radius 3 is 1.23 bits per heavy atom. The van der Waals surface area contributed by atoms with E-state index in [1.54, 1.807) is 0 Å². The second-order valence-electron chi connectivity index (χ2n) is 20.3. The second kappa shape index (κ2) is 18.1. The van der Waals surface area contributed by atoms with Crippen LogP contribution in [0.15, 0.2) is 303 Å². The van der Waals surface area contributed by atoms with Gasteiger partial charge in [0, 0.05) is 33.5 Å². The first-order valence-electron chi connectivity index (χ1n) is 26.7. The fourth-order valence-corrected chi connectivity index (χ4v) is 13.0. The maximum atomic E-state index is 2.50. The van der Waals surface area contributed by atoms with Crippen molar-refractivity contribution in [1.29, 1.82) is 0 Å². The van der Waals surface area contributed by atoms with Crippen molar-refractivity contribution in [2.24, 2.45) is 0 Å². The topological polar surface area (TPSA) is 8.17 Å². The summed E-state index contributed by atoms with van der Waals surface area (Å²) in [5, 5.41) is 7.49. The molecule has 0 unspecified atom stereocenters. The van der Waals surface area contributed by atoms with Crippen molar-refractivity contribution < 1.29 is 0 Å². The smallest absolute Gasteiger partial charge is 0.0714 e. The third-order valence-corrected chi connectivity index (χ3v) is 16.2. The maximum Gasteiger partial charge on any atom is 0.0714 e. The number of hydrogen-bond acceptors (Lipinski definition) is 1. The van der Waals surface area contributed by atoms with Gasteiger partial charge in [0.1, 0.15) is 0 Å². The average Bonchev–Trinajstić information content (AvgIpc) is 4.13. The van der Waals surface area contributed by atoms with E-state index in [-0.39, 0.29) is 0 Å². The van der Waals surface area contributed by atoms with Crippen LogP contribution in [0, 0.1) is 0 Å². The fourth-order valence-electron chi connectivity index (χ4n) is 13.0. The van der Waals surface area contributed by atoms with E-state index in [4.69, 9.17) is 0 Å². The van der Waals surface area contributed by atoms with Crippen LogP contribution in [0.5, 0.6) is 0 Å². The van der Waals surface area contributed by atoms with E-state index in [9.17, 15) is 0 Å². The lowest BCUT2D eigenvalue weighted by molar-refractivity contribution is 0.768. The van der Waals surface area contributed by atoms with Gasteiger partial charge in [0.15, 0.2) is 0 Å². The van der Waals surface area contributed by atoms with Crippen molar-refractivity contribution in [3.8, 4) is 50.2 Å². The van der Waals surface area contributed by atoms with Crippen LogP contribution in [0.4, 0.5) is 17.1 Å². The van der Waals surface area contributed by atoms with E-state index in [2.05, 4.69) is 313 Å². The Morgan fingerprint density at radius 2 is 0.662 bits per heavy atom. The molecule has 77 heavy (non-hydrogen) atoms. The molecule has 0 spiro atoms. The number of anilines is 3. The predicted octanol–water partition coefficient (Wildman–Crippen LogP) is 19.9. The zero-order valence-corrected chi connectivity index (χ0v) is 42.3. The van der Waals surface area contributed by atoms with E-state index in [1.165, 1.54) is 110 Å². The van der Waals surface area contributed by atoms with Gasteiger partial charge in [-0.2, -0.15) is 0 Å². The Morgan fingerprint density at radius 1 is 0.260 bits per heavy atom. The summed E-state index contributed by atoms with van der Waals surface area (Å²) < 4.78 is 2.39. The molecule has 0 radical (unpaired) electrons. The molecule has 0 bridgehead atoms. The minimum absolute atomic E-state index is 0.648. The molecule has 2 nitrogen and oxygen atoms in total. The SMILES string of the molecule is c1ccc(-c2c3ccccc3c(-c3ccccc3)c3cc(-c4ccc5c(c4)C(c4ccccc4)(c4ccccc4)c4cc(N(c6ccccc6)c6ccc(-n7c8ccccc8c8ccccc87)cc6)ccc4-5)ccc23)cc1. The third-order valence-electron chi connectivity index (χ3n) is 16.2. The first-order chi connectivity index (χ1) is 38.2. The first-order valence-corrected chi connectivity index (χ1v) is 26.7. The summed E-state index contributed by atoms with van der Waals surface area (Å²) in [6.07, 6.45) is 0. The van der Waals surface area contributed by atoms with Crippen LogP contribution in [0.2, 0.25) is 0 Å². The molecule has 14 aromatic rings. The normalized spacial score (nSPS) is 12.5. The standard InChI is InChI=1S/C75H50N2/c1-6-22-51(23-7-1)73-65-34-16-17-35-66(65)74(52-24-8-2-9-25-52)68-48-53(39-46-67(68)73)54-38-45-61-62-47-44-60(50-70(62)75(69(61)49-54,55-26-10-3-11-27-55)56-28-12-4-13-29-56)76(57-30-14-5-15-31-57)58-40-42-59(43-41-58)77-71-36-20-18-32-63(71)64-33-19-21-37-72(64)77/h1-50H. The van der Waals surface area contributed by atoms with Crippen molar-refractivity contribution in [2.45, 2.75) is 5.41 Å². The number of hydrogen-bond donors (Lipinski definition) is 0. The molecule has 1 aliphatic rings. The molecule has 1 aliphatic carbocycles. The molecule has 0 fully saturated rings. The number of para-hydroxylation sites is 3. The van der Waals surface area contributed by atoms with Crippen LogP contribution in [0.25, 0.3) is 93.5 Å². The molecule has 13 aromatic carbocycles. The molecule has 0 saturated carbocycles. The van der Waals surface area contributed by atoms with E-state index in [0.29, 0.717) is 0 Å². The lowest BCUT2D eigenvalue weighted by Crippen LogP contribution is -2.28. The second-order valence-corrected chi connectivity index (χ2v) is 20.3. The van der Waals surface area contributed by atoms with E-state index in [1.807, 2.05) is 0 Å². The molecule has 2 heteroatoms. The number of benzene rings is 13. The van der Waals surface area contributed by atoms with Crippen molar-refractivity contribution in [3.63, 3.8) is 0 Å². The van der Waals surface area contributed by atoms with Crippen LogP contribution < -0.4 is 4.90 Å². The highest BCUT2D eigenvalue weighted by Crippen LogP contribution is 2.58. The van der Waals surface area contributed by atoms with Gasteiger partial charge in [0.2, 0.25) is 0 Å². The molecule has 360 valence electrons. The van der Waals surface area contributed by atoms with Gasteiger partial charge >= 0.3 is 0 Å². The zero-order chi connectivity index (χ0) is 50.9. The fraction of sp³-hybridized carbons (Fsp3) is 0.0133. The van der Waals surface area contributed by atoms with Gasteiger partial charge in [0.25, 0.3) is 0 Å².